The first-order valence-corrected chi connectivity index (χ1v) is 10.7. The predicted molar refractivity (Wildman–Crippen MR) is 111 cm³/mol. The summed E-state index contributed by atoms with van der Waals surface area (Å²) in [4.78, 5) is 0. The third-order valence-electron chi connectivity index (χ3n) is 4.98. The third-order valence-corrected chi connectivity index (χ3v) is 6.87. The summed E-state index contributed by atoms with van der Waals surface area (Å²) in [6.07, 6.45) is 2.46. The van der Waals surface area contributed by atoms with E-state index in [1.165, 1.54) is 0 Å². The molecule has 0 saturated heterocycles. The molecule has 0 amide bonds. The van der Waals surface area contributed by atoms with Crippen LogP contribution in [0.5, 0.6) is 0 Å². The van der Waals surface area contributed by atoms with E-state index in [0.29, 0.717) is 40.3 Å². The van der Waals surface area contributed by atoms with E-state index in [2.05, 4.69) is 30.1 Å². The molecule has 0 saturated carbocycles. The standard InChI is InChI=1S/C20H18Cl2N4OS/c1-11(2)18-6-13-14(7-23)20(26-10-24-25-19(26)15(13)8-27-18)28-9-12-3-4-16(21)17(22)5-12/h3-5,10-11,18H,6,8-9H2,1-2H3. The zero-order valence-electron chi connectivity index (χ0n) is 15.4. The average molecular weight is 433 g/mol. The summed E-state index contributed by atoms with van der Waals surface area (Å²) < 4.78 is 7.90. The molecule has 3 aromatic rings. The highest BCUT2D eigenvalue weighted by molar-refractivity contribution is 7.98. The predicted octanol–water partition coefficient (Wildman–Crippen LogP) is 5.30. The van der Waals surface area contributed by atoms with Crippen molar-refractivity contribution in [2.75, 3.05) is 0 Å². The van der Waals surface area contributed by atoms with Gasteiger partial charge in [0.15, 0.2) is 5.65 Å². The normalized spacial score (nSPS) is 16.4. The fraction of sp³-hybridized carbons (Fsp3) is 0.350. The van der Waals surface area contributed by atoms with Crippen molar-refractivity contribution in [1.82, 2.24) is 14.6 Å². The number of fused-ring (bicyclic) bond motifs is 3. The molecule has 5 nitrogen and oxygen atoms in total. The second kappa shape index (κ2) is 7.92. The van der Waals surface area contributed by atoms with E-state index in [4.69, 9.17) is 27.9 Å². The Morgan fingerprint density at radius 2 is 2.14 bits per heavy atom. The van der Waals surface area contributed by atoms with E-state index < -0.39 is 0 Å². The van der Waals surface area contributed by atoms with Gasteiger partial charge >= 0.3 is 0 Å². The van der Waals surface area contributed by atoms with Gasteiger partial charge < -0.3 is 4.74 Å². The maximum Gasteiger partial charge on any atom is 0.167 e. The Hall–Kier alpha value is -1.78. The average Bonchev–Trinajstić information content (AvgIpc) is 3.17. The van der Waals surface area contributed by atoms with Crippen LogP contribution >= 0.6 is 35.0 Å². The molecule has 0 spiro atoms. The number of aromatic nitrogens is 3. The van der Waals surface area contributed by atoms with Crippen LogP contribution in [0.4, 0.5) is 0 Å². The first kappa shape index (κ1) is 19.5. The van der Waals surface area contributed by atoms with Crippen LogP contribution in [0.3, 0.4) is 0 Å². The minimum Gasteiger partial charge on any atom is -0.373 e. The van der Waals surface area contributed by atoms with Crippen molar-refractivity contribution >= 4 is 40.6 Å². The highest BCUT2D eigenvalue weighted by Crippen LogP contribution is 2.36. The third kappa shape index (κ3) is 3.48. The summed E-state index contributed by atoms with van der Waals surface area (Å²) in [5.74, 6) is 1.03. The van der Waals surface area contributed by atoms with E-state index in [1.54, 1.807) is 24.2 Å². The first-order chi connectivity index (χ1) is 13.5. The number of hydrogen-bond acceptors (Lipinski definition) is 5. The van der Waals surface area contributed by atoms with Crippen LogP contribution in [-0.2, 0) is 23.5 Å². The molecule has 144 valence electrons. The molecule has 8 heteroatoms. The SMILES string of the molecule is CC(C)C1Cc2c(C#N)c(SCc3ccc(Cl)c(Cl)c3)n3cnnc3c2CO1. The Balaban J connectivity index is 1.76. The van der Waals surface area contributed by atoms with E-state index in [0.717, 1.165) is 27.4 Å². The van der Waals surface area contributed by atoms with Gasteiger partial charge in [-0.15, -0.1) is 22.0 Å². The van der Waals surface area contributed by atoms with Crippen molar-refractivity contribution in [2.45, 2.75) is 43.8 Å². The quantitative estimate of drug-likeness (QED) is 0.523. The maximum atomic E-state index is 9.98. The lowest BCUT2D eigenvalue weighted by molar-refractivity contribution is -0.0000534. The monoisotopic (exact) mass is 432 g/mol. The summed E-state index contributed by atoms with van der Waals surface area (Å²) in [5, 5.41) is 20.2. The Bertz CT molecular complexity index is 1090. The topological polar surface area (TPSA) is 63.2 Å². The van der Waals surface area contributed by atoms with Crippen molar-refractivity contribution < 1.29 is 4.74 Å². The number of nitriles is 1. The van der Waals surface area contributed by atoms with Crippen molar-refractivity contribution in [1.29, 1.82) is 5.26 Å². The number of benzene rings is 1. The lowest BCUT2D eigenvalue weighted by Crippen LogP contribution is -2.29. The number of nitrogens with zero attached hydrogens (tertiary/aromatic N) is 4. The molecule has 1 aromatic carbocycles. The second-order valence-corrected chi connectivity index (χ2v) is 8.89. The fourth-order valence-corrected chi connectivity index (χ4v) is 4.81. The molecule has 0 aliphatic carbocycles. The van der Waals surface area contributed by atoms with Gasteiger partial charge in [0.05, 0.1) is 28.3 Å². The van der Waals surface area contributed by atoms with Crippen LogP contribution in [-0.4, -0.2) is 20.7 Å². The highest BCUT2D eigenvalue weighted by Gasteiger charge is 2.29. The second-order valence-electron chi connectivity index (χ2n) is 7.11. The molecule has 1 unspecified atom stereocenters. The van der Waals surface area contributed by atoms with Gasteiger partial charge in [-0.25, -0.2) is 0 Å². The largest absolute Gasteiger partial charge is 0.373 e. The van der Waals surface area contributed by atoms with Gasteiger partial charge in [-0.3, -0.25) is 4.40 Å². The molecule has 1 aliphatic heterocycles. The Labute approximate surface area is 177 Å². The van der Waals surface area contributed by atoms with Gasteiger partial charge in [0, 0.05) is 17.7 Å². The molecule has 0 radical (unpaired) electrons. The van der Waals surface area contributed by atoms with Crippen LogP contribution in [0.1, 0.15) is 36.1 Å². The van der Waals surface area contributed by atoms with Crippen LogP contribution in [0.15, 0.2) is 29.6 Å². The minimum absolute atomic E-state index is 0.0953. The Morgan fingerprint density at radius 3 is 2.86 bits per heavy atom. The Kier molecular flexibility index (Phi) is 5.52. The van der Waals surface area contributed by atoms with Crippen LogP contribution in [0.2, 0.25) is 10.0 Å². The van der Waals surface area contributed by atoms with Crippen LogP contribution in [0, 0.1) is 17.2 Å². The van der Waals surface area contributed by atoms with E-state index in [9.17, 15) is 5.26 Å². The van der Waals surface area contributed by atoms with E-state index in [1.807, 2.05) is 16.5 Å². The van der Waals surface area contributed by atoms with Gasteiger partial charge in [-0.1, -0.05) is 43.1 Å². The molecule has 1 aliphatic rings. The van der Waals surface area contributed by atoms with E-state index in [-0.39, 0.29) is 6.10 Å². The summed E-state index contributed by atoms with van der Waals surface area (Å²) in [6, 6.07) is 8.01. The van der Waals surface area contributed by atoms with Gasteiger partial charge in [0.1, 0.15) is 17.4 Å². The van der Waals surface area contributed by atoms with Gasteiger partial charge in [0.2, 0.25) is 0 Å². The number of pyridine rings is 1. The van der Waals surface area contributed by atoms with Crippen LogP contribution < -0.4 is 0 Å². The molecule has 28 heavy (non-hydrogen) atoms. The number of thioether (sulfide) groups is 1. The lowest BCUT2D eigenvalue weighted by Gasteiger charge is -2.29. The smallest absolute Gasteiger partial charge is 0.167 e. The zero-order chi connectivity index (χ0) is 19.8. The summed E-state index contributed by atoms with van der Waals surface area (Å²) >= 11 is 13.7. The minimum atomic E-state index is 0.0953. The number of rotatable bonds is 4. The molecule has 3 heterocycles. The molecule has 0 fully saturated rings. The van der Waals surface area contributed by atoms with Crippen molar-refractivity contribution in [3.8, 4) is 6.07 Å². The van der Waals surface area contributed by atoms with E-state index >= 15 is 0 Å². The highest BCUT2D eigenvalue weighted by atomic mass is 35.5. The molecular weight excluding hydrogens is 415 g/mol. The molecule has 1 atom stereocenters. The first-order valence-electron chi connectivity index (χ1n) is 8.95. The molecule has 4 rings (SSSR count). The van der Waals surface area contributed by atoms with Crippen molar-refractivity contribution in [3.05, 3.63) is 56.8 Å². The van der Waals surface area contributed by atoms with Crippen LogP contribution in [0.25, 0.3) is 5.65 Å². The number of ether oxygens (including phenoxy) is 1. The lowest BCUT2D eigenvalue weighted by atomic mass is 9.91. The summed E-state index contributed by atoms with van der Waals surface area (Å²) in [6.45, 7) is 4.72. The maximum absolute atomic E-state index is 9.98. The Morgan fingerprint density at radius 1 is 1.32 bits per heavy atom. The van der Waals surface area contributed by atoms with Crippen molar-refractivity contribution in [3.63, 3.8) is 0 Å². The molecular formula is C20H18Cl2N4OS. The molecule has 0 bridgehead atoms. The molecule has 0 N–H and O–H groups in total. The molecule has 2 aromatic heterocycles. The van der Waals surface area contributed by atoms with Gasteiger partial charge in [-0.2, -0.15) is 5.26 Å². The number of hydrogen-bond donors (Lipinski definition) is 0. The fourth-order valence-electron chi connectivity index (χ4n) is 3.42. The van der Waals surface area contributed by atoms with Crippen molar-refractivity contribution in [2.24, 2.45) is 5.92 Å². The number of halogens is 2. The summed E-state index contributed by atoms with van der Waals surface area (Å²) in [5.41, 5.74) is 4.47. The van der Waals surface area contributed by atoms with Gasteiger partial charge in [0.25, 0.3) is 0 Å². The zero-order valence-corrected chi connectivity index (χ0v) is 17.8. The summed E-state index contributed by atoms with van der Waals surface area (Å²) in [7, 11) is 0. The van der Waals surface area contributed by atoms with Gasteiger partial charge in [-0.05, 0) is 29.2 Å².